The summed E-state index contributed by atoms with van der Waals surface area (Å²) in [7, 11) is 2.15. The molecule has 1 N–H and O–H groups in total. The molecule has 0 spiro atoms. The van der Waals surface area contributed by atoms with Crippen molar-refractivity contribution in [2.75, 3.05) is 51.3 Å². The second-order valence-electron chi connectivity index (χ2n) is 12.0. The number of aromatic amines is 1. The van der Waals surface area contributed by atoms with Crippen molar-refractivity contribution in [1.29, 1.82) is 0 Å². The highest BCUT2D eigenvalue weighted by atomic mass is 16.5. The largest absolute Gasteiger partial charge is 0.462 e. The monoisotopic (exact) mass is 568 g/mol. The fourth-order valence-electron chi connectivity index (χ4n) is 7.11. The summed E-state index contributed by atoms with van der Waals surface area (Å²) in [5.74, 6) is 1.08. The average molecular weight is 569 g/mol. The maximum atomic E-state index is 12.5. The molecule has 1 amide bonds. The SMILES string of the molecule is [C-]#[N+]C[C@H]1CN(c2nc(OC[C@@H]3CCCN3C)nc3c2CCC(c2c(C)c(C)cc4[nH]ncc24)C3)CCN1C(=O)C=C. The van der Waals surface area contributed by atoms with Gasteiger partial charge in [0.15, 0.2) is 0 Å². The number of nitrogens with zero attached hydrogens (tertiary/aromatic N) is 7. The standard InChI is InChI=1S/C32H40N8O2/c1-6-29(41)40-13-12-39(18-24(40)16-33-4)31-25-10-9-22(30-21(3)20(2)14-28-26(30)17-34-37-28)15-27(25)35-32(36-31)42-19-23-8-7-11-38(23)5/h6,14,17,22-24H,1,7-13,15-16,18-19H2,2-3,5H3,(H,34,37)/t22?,23-,24-/m0/s1. The number of benzene rings is 1. The van der Waals surface area contributed by atoms with Crippen LogP contribution in [0.1, 0.15) is 53.1 Å². The summed E-state index contributed by atoms with van der Waals surface area (Å²) in [4.78, 5) is 32.6. The maximum absolute atomic E-state index is 12.5. The van der Waals surface area contributed by atoms with Crippen LogP contribution >= 0.6 is 0 Å². The van der Waals surface area contributed by atoms with Crippen LogP contribution in [0.25, 0.3) is 15.7 Å². The molecule has 3 atom stereocenters. The lowest BCUT2D eigenvalue weighted by Crippen LogP contribution is -2.56. The maximum Gasteiger partial charge on any atom is 0.318 e. The van der Waals surface area contributed by atoms with Crippen LogP contribution in [0.15, 0.2) is 24.9 Å². The number of H-pyrrole nitrogens is 1. The van der Waals surface area contributed by atoms with Crippen LogP contribution < -0.4 is 9.64 Å². The van der Waals surface area contributed by atoms with E-state index < -0.39 is 0 Å². The number of nitrogens with one attached hydrogen (secondary N) is 1. The molecule has 6 rings (SSSR count). The minimum absolute atomic E-state index is 0.125. The Kier molecular flexibility index (Phi) is 7.86. The van der Waals surface area contributed by atoms with E-state index in [0.29, 0.717) is 44.2 Å². The Morgan fingerprint density at radius 3 is 2.86 bits per heavy atom. The highest BCUT2D eigenvalue weighted by Gasteiger charge is 2.35. The number of likely N-dealkylation sites (tertiary alicyclic amines) is 1. The van der Waals surface area contributed by atoms with Gasteiger partial charge in [0.05, 0.1) is 17.4 Å². The van der Waals surface area contributed by atoms with E-state index in [1.807, 2.05) is 6.20 Å². The Morgan fingerprint density at radius 1 is 1.24 bits per heavy atom. The molecule has 0 bridgehead atoms. The Balaban J connectivity index is 1.35. The van der Waals surface area contributed by atoms with Gasteiger partial charge in [0.1, 0.15) is 18.5 Å². The number of hydrogen-bond acceptors (Lipinski definition) is 7. The van der Waals surface area contributed by atoms with Crippen molar-refractivity contribution >= 4 is 22.6 Å². The number of carbonyl (C=O) groups excluding carboxylic acids is 1. The minimum atomic E-state index is -0.218. The summed E-state index contributed by atoms with van der Waals surface area (Å²) in [6.45, 7) is 19.2. The average Bonchev–Trinajstić information content (AvgIpc) is 3.63. The molecule has 3 aromatic rings. The molecule has 1 aliphatic carbocycles. The second kappa shape index (κ2) is 11.7. The molecule has 1 unspecified atom stereocenters. The lowest BCUT2D eigenvalue weighted by atomic mass is 9.79. The van der Waals surface area contributed by atoms with Gasteiger partial charge in [-0.05, 0) is 94.3 Å². The first-order valence-corrected chi connectivity index (χ1v) is 15.0. The van der Waals surface area contributed by atoms with Gasteiger partial charge in [-0.15, -0.1) is 0 Å². The lowest BCUT2D eigenvalue weighted by Gasteiger charge is -2.40. The van der Waals surface area contributed by atoms with Crippen LogP contribution in [0.4, 0.5) is 5.82 Å². The Hall–Kier alpha value is -3.97. The number of rotatable bonds is 7. The third-order valence-corrected chi connectivity index (χ3v) is 9.57. The third-order valence-electron chi connectivity index (χ3n) is 9.57. The van der Waals surface area contributed by atoms with Gasteiger partial charge >= 0.3 is 6.01 Å². The van der Waals surface area contributed by atoms with E-state index in [0.717, 1.165) is 54.8 Å². The normalized spacial score (nSPS) is 22.7. The Bertz CT molecular complexity index is 1540. The summed E-state index contributed by atoms with van der Waals surface area (Å²) >= 11 is 0. The van der Waals surface area contributed by atoms with Crippen molar-refractivity contribution in [3.63, 3.8) is 0 Å². The zero-order valence-electron chi connectivity index (χ0n) is 24.9. The molecule has 10 heteroatoms. The molecule has 0 saturated carbocycles. The quantitative estimate of drug-likeness (QED) is 0.342. The molecule has 220 valence electrons. The van der Waals surface area contributed by atoms with Crippen LogP contribution in [0, 0.1) is 20.4 Å². The van der Waals surface area contributed by atoms with Crippen molar-refractivity contribution in [2.24, 2.45) is 0 Å². The molecule has 42 heavy (non-hydrogen) atoms. The highest BCUT2D eigenvalue weighted by molar-refractivity contribution is 5.87. The van der Waals surface area contributed by atoms with E-state index in [-0.39, 0.29) is 18.5 Å². The van der Waals surface area contributed by atoms with E-state index in [9.17, 15) is 4.79 Å². The Morgan fingerprint density at radius 2 is 2.10 bits per heavy atom. The van der Waals surface area contributed by atoms with E-state index in [2.05, 4.69) is 58.4 Å². The summed E-state index contributed by atoms with van der Waals surface area (Å²) in [6, 6.07) is 2.75. The number of anilines is 1. The van der Waals surface area contributed by atoms with Gasteiger partial charge in [-0.3, -0.25) is 9.89 Å². The van der Waals surface area contributed by atoms with Crippen LogP contribution in [0.3, 0.4) is 0 Å². The molecule has 0 radical (unpaired) electrons. The topological polar surface area (TPSA) is 94.8 Å². The molecule has 1 aromatic carbocycles. The zero-order valence-corrected chi connectivity index (χ0v) is 24.9. The van der Waals surface area contributed by atoms with Crippen molar-refractivity contribution in [3.8, 4) is 6.01 Å². The molecular formula is C32H40N8O2. The summed E-state index contributed by atoms with van der Waals surface area (Å²) < 4.78 is 6.32. The second-order valence-corrected chi connectivity index (χ2v) is 12.0. The number of aryl methyl sites for hydroxylation is 1. The number of fused-ring (bicyclic) bond motifs is 2. The van der Waals surface area contributed by atoms with Gasteiger partial charge < -0.3 is 24.3 Å². The van der Waals surface area contributed by atoms with E-state index in [1.165, 1.54) is 34.6 Å². The van der Waals surface area contributed by atoms with Crippen molar-refractivity contribution in [1.82, 2.24) is 30.0 Å². The predicted octanol–water partition coefficient (Wildman–Crippen LogP) is 3.84. The number of ether oxygens (including phenoxy) is 1. The summed E-state index contributed by atoms with van der Waals surface area (Å²) in [6.07, 6.45) is 8.23. The first kappa shape index (κ1) is 28.2. The van der Waals surface area contributed by atoms with Gasteiger partial charge in [0, 0.05) is 36.6 Å². The van der Waals surface area contributed by atoms with Gasteiger partial charge in [-0.1, -0.05) is 6.58 Å². The summed E-state index contributed by atoms with van der Waals surface area (Å²) in [5.41, 5.74) is 7.21. The number of aromatic nitrogens is 4. The first-order valence-electron chi connectivity index (χ1n) is 15.0. The van der Waals surface area contributed by atoms with Crippen molar-refractivity contribution in [2.45, 2.75) is 64.0 Å². The molecule has 2 fully saturated rings. The Labute approximate surface area is 247 Å². The van der Waals surface area contributed by atoms with Crippen LogP contribution in [-0.2, 0) is 17.6 Å². The molecule has 2 aromatic heterocycles. The lowest BCUT2D eigenvalue weighted by molar-refractivity contribution is -0.128. The minimum Gasteiger partial charge on any atom is -0.462 e. The molecule has 4 heterocycles. The molecular weight excluding hydrogens is 528 g/mol. The van der Waals surface area contributed by atoms with Crippen molar-refractivity contribution in [3.05, 3.63) is 64.3 Å². The fraction of sp³-hybridized carbons (Fsp3) is 0.531. The van der Waals surface area contributed by atoms with E-state index in [4.69, 9.17) is 21.3 Å². The first-order chi connectivity index (χ1) is 20.4. The van der Waals surface area contributed by atoms with Gasteiger partial charge in [0.2, 0.25) is 12.5 Å². The van der Waals surface area contributed by atoms with E-state index >= 15 is 0 Å². The summed E-state index contributed by atoms with van der Waals surface area (Å²) in [5, 5.41) is 8.70. The van der Waals surface area contributed by atoms with Gasteiger partial charge in [-0.2, -0.15) is 15.1 Å². The highest BCUT2D eigenvalue weighted by Crippen LogP contribution is 2.41. The van der Waals surface area contributed by atoms with Crippen LogP contribution in [-0.4, -0.2) is 94.3 Å². The van der Waals surface area contributed by atoms with Crippen molar-refractivity contribution < 1.29 is 9.53 Å². The molecule has 2 saturated heterocycles. The smallest absolute Gasteiger partial charge is 0.318 e. The molecule has 3 aliphatic rings. The fourth-order valence-corrected chi connectivity index (χ4v) is 7.11. The number of piperazine rings is 1. The number of carbonyl (C=O) groups is 1. The number of amides is 1. The van der Waals surface area contributed by atoms with Gasteiger partial charge in [-0.25, -0.2) is 6.57 Å². The third kappa shape index (κ3) is 5.22. The number of likely N-dealkylation sites (N-methyl/N-ethyl adjacent to an activating group) is 1. The van der Waals surface area contributed by atoms with Gasteiger partial charge in [0.25, 0.3) is 0 Å². The van der Waals surface area contributed by atoms with Crippen LogP contribution in [0.5, 0.6) is 6.01 Å². The van der Waals surface area contributed by atoms with Crippen LogP contribution in [0.2, 0.25) is 0 Å². The predicted molar refractivity (Wildman–Crippen MR) is 163 cm³/mol. The molecule has 2 aliphatic heterocycles. The molecule has 10 nitrogen and oxygen atoms in total. The zero-order chi connectivity index (χ0) is 29.4. The van der Waals surface area contributed by atoms with E-state index in [1.54, 1.807) is 4.90 Å². The number of hydrogen-bond donors (Lipinski definition) is 1.